The molecule has 3 nitrogen and oxygen atoms in total. The fraction of sp³-hybridized carbons (Fsp3) is 0.267. The van der Waals surface area contributed by atoms with E-state index >= 15 is 0 Å². The number of hydrogen-bond acceptors (Lipinski definition) is 3. The van der Waals surface area contributed by atoms with Crippen LogP contribution in [0.3, 0.4) is 0 Å². The third kappa shape index (κ3) is 3.69. The summed E-state index contributed by atoms with van der Waals surface area (Å²) < 4.78 is 6.41. The predicted octanol–water partition coefficient (Wildman–Crippen LogP) is 4.61. The molecule has 0 aliphatic heterocycles. The molecule has 5 heteroatoms. The van der Waals surface area contributed by atoms with Crippen LogP contribution < -0.4 is 5.32 Å². The molecule has 0 saturated carbocycles. The number of benzene rings is 1. The summed E-state index contributed by atoms with van der Waals surface area (Å²) in [6.07, 6.45) is 0. The quantitative estimate of drug-likeness (QED) is 0.852. The summed E-state index contributed by atoms with van der Waals surface area (Å²) in [4.78, 5) is 12.9. The highest BCUT2D eigenvalue weighted by atomic mass is 79.9. The van der Waals surface area contributed by atoms with Crippen LogP contribution in [-0.4, -0.2) is 12.5 Å². The second-order valence-corrected chi connectivity index (χ2v) is 6.69. The summed E-state index contributed by atoms with van der Waals surface area (Å²) in [5.41, 5.74) is 2.85. The van der Waals surface area contributed by atoms with E-state index in [0.717, 1.165) is 20.6 Å². The SMILES string of the molecule is CCOCc1ccccc1NC(=O)c1cc(C)c(Br)s1. The van der Waals surface area contributed by atoms with Gasteiger partial charge >= 0.3 is 0 Å². The number of rotatable bonds is 5. The van der Waals surface area contributed by atoms with Crippen LogP contribution in [0.15, 0.2) is 34.1 Å². The van der Waals surface area contributed by atoms with Gasteiger partial charge in [-0.3, -0.25) is 4.79 Å². The van der Waals surface area contributed by atoms with E-state index in [-0.39, 0.29) is 5.91 Å². The Bertz CT molecular complexity index is 590. The van der Waals surface area contributed by atoms with E-state index in [9.17, 15) is 4.79 Å². The van der Waals surface area contributed by atoms with E-state index in [1.165, 1.54) is 11.3 Å². The van der Waals surface area contributed by atoms with Crippen LogP contribution in [0, 0.1) is 6.92 Å². The second-order valence-electron chi connectivity index (χ2n) is 4.32. The number of anilines is 1. The largest absolute Gasteiger partial charge is 0.377 e. The highest BCUT2D eigenvalue weighted by Gasteiger charge is 2.13. The lowest BCUT2D eigenvalue weighted by atomic mass is 10.2. The smallest absolute Gasteiger partial charge is 0.265 e. The molecular formula is C15H16BrNO2S. The van der Waals surface area contributed by atoms with Crippen molar-refractivity contribution in [3.8, 4) is 0 Å². The minimum atomic E-state index is -0.0900. The molecule has 0 unspecified atom stereocenters. The number of ether oxygens (including phenoxy) is 1. The Kier molecular flexibility index (Phi) is 5.34. The monoisotopic (exact) mass is 353 g/mol. The fourth-order valence-electron chi connectivity index (χ4n) is 1.74. The van der Waals surface area contributed by atoms with Gasteiger partial charge in [0.15, 0.2) is 0 Å². The average Bonchev–Trinajstić information content (AvgIpc) is 2.78. The van der Waals surface area contributed by atoms with Gasteiger partial charge in [-0.2, -0.15) is 0 Å². The molecule has 0 bridgehead atoms. The van der Waals surface area contributed by atoms with E-state index in [0.29, 0.717) is 18.1 Å². The van der Waals surface area contributed by atoms with Crippen molar-refractivity contribution in [2.45, 2.75) is 20.5 Å². The van der Waals surface area contributed by atoms with E-state index in [1.54, 1.807) is 0 Å². The summed E-state index contributed by atoms with van der Waals surface area (Å²) in [6, 6.07) is 9.58. The predicted molar refractivity (Wildman–Crippen MR) is 86.5 cm³/mol. The number of carbonyl (C=O) groups is 1. The zero-order valence-electron chi connectivity index (χ0n) is 11.4. The lowest BCUT2D eigenvalue weighted by Crippen LogP contribution is -2.12. The Morgan fingerprint density at radius 2 is 2.15 bits per heavy atom. The highest BCUT2D eigenvalue weighted by molar-refractivity contribution is 9.11. The molecule has 20 heavy (non-hydrogen) atoms. The molecule has 0 aliphatic carbocycles. The number of thiophene rings is 1. The Morgan fingerprint density at radius 1 is 1.40 bits per heavy atom. The van der Waals surface area contributed by atoms with Crippen molar-refractivity contribution in [1.29, 1.82) is 0 Å². The van der Waals surface area contributed by atoms with Crippen molar-refractivity contribution in [1.82, 2.24) is 0 Å². The van der Waals surface area contributed by atoms with Crippen LogP contribution in [0.5, 0.6) is 0 Å². The van der Waals surface area contributed by atoms with Crippen LogP contribution in [0.1, 0.15) is 27.7 Å². The first-order valence-corrected chi connectivity index (χ1v) is 7.95. The highest BCUT2D eigenvalue weighted by Crippen LogP contribution is 2.28. The van der Waals surface area contributed by atoms with E-state index in [4.69, 9.17) is 4.74 Å². The van der Waals surface area contributed by atoms with Crippen LogP contribution >= 0.6 is 27.3 Å². The molecule has 106 valence electrons. The van der Waals surface area contributed by atoms with Crippen LogP contribution in [0.4, 0.5) is 5.69 Å². The minimum absolute atomic E-state index is 0.0900. The zero-order valence-corrected chi connectivity index (χ0v) is 13.8. The third-order valence-electron chi connectivity index (χ3n) is 2.81. The minimum Gasteiger partial charge on any atom is -0.377 e. The maximum absolute atomic E-state index is 12.2. The molecule has 2 aromatic rings. The maximum atomic E-state index is 12.2. The van der Waals surface area contributed by atoms with Crippen LogP contribution in [0.2, 0.25) is 0 Å². The number of aryl methyl sites for hydroxylation is 1. The first kappa shape index (κ1) is 15.2. The molecule has 0 fully saturated rings. The molecule has 0 spiro atoms. The summed E-state index contributed by atoms with van der Waals surface area (Å²) >= 11 is 4.88. The van der Waals surface area contributed by atoms with Crippen molar-refractivity contribution < 1.29 is 9.53 Å². The van der Waals surface area contributed by atoms with Gasteiger partial charge < -0.3 is 10.1 Å². The second kappa shape index (κ2) is 7.02. The van der Waals surface area contributed by atoms with Gasteiger partial charge in [0.05, 0.1) is 15.3 Å². The van der Waals surface area contributed by atoms with Crippen molar-refractivity contribution in [3.63, 3.8) is 0 Å². The molecule has 1 aromatic carbocycles. The zero-order chi connectivity index (χ0) is 14.5. The topological polar surface area (TPSA) is 38.3 Å². The standard InChI is InChI=1S/C15H16BrNO2S/c1-3-19-9-11-6-4-5-7-12(11)17-15(18)13-8-10(2)14(16)20-13/h4-8H,3,9H2,1-2H3,(H,17,18). The van der Waals surface area contributed by atoms with Gasteiger partial charge in [0.25, 0.3) is 5.91 Å². The number of halogens is 1. The molecule has 1 aromatic heterocycles. The van der Waals surface area contributed by atoms with E-state index < -0.39 is 0 Å². The van der Waals surface area contributed by atoms with Crippen molar-refractivity contribution in [2.75, 3.05) is 11.9 Å². The number of amides is 1. The first-order chi connectivity index (χ1) is 9.61. The number of para-hydroxylation sites is 1. The van der Waals surface area contributed by atoms with E-state index in [1.807, 2.05) is 44.2 Å². The molecule has 2 rings (SSSR count). The Hall–Kier alpha value is -1.17. The number of nitrogens with one attached hydrogen (secondary N) is 1. The van der Waals surface area contributed by atoms with E-state index in [2.05, 4.69) is 21.2 Å². The Morgan fingerprint density at radius 3 is 2.80 bits per heavy atom. The van der Waals surface area contributed by atoms with Gasteiger partial charge in [0.1, 0.15) is 0 Å². The normalized spacial score (nSPS) is 10.6. The van der Waals surface area contributed by atoms with Crippen LogP contribution in [0.25, 0.3) is 0 Å². The molecule has 0 aliphatic rings. The Balaban J connectivity index is 2.15. The fourth-order valence-corrected chi connectivity index (χ4v) is 3.17. The summed E-state index contributed by atoms with van der Waals surface area (Å²) in [7, 11) is 0. The van der Waals surface area contributed by atoms with Gasteiger partial charge in [0.2, 0.25) is 0 Å². The summed E-state index contributed by atoms with van der Waals surface area (Å²) in [5, 5.41) is 2.95. The maximum Gasteiger partial charge on any atom is 0.265 e. The summed E-state index contributed by atoms with van der Waals surface area (Å²) in [5.74, 6) is -0.0900. The molecule has 1 heterocycles. The van der Waals surface area contributed by atoms with Gasteiger partial charge in [-0.25, -0.2) is 0 Å². The molecular weight excluding hydrogens is 338 g/mol. The van der Waals surface area contributed by atoms with Crippen molar-refractivity contribution in [3.05, 3.63) is 50.1 Å². The van der Waals surface area contributed by atoms with Gasteiger partial charge in [0, 0.05) is 17.9 Å². The van der Waals surface area contributed by atoms with Gasteiger partial charge in [-0.1, -0.05) is 18.2 Å². The third-order valence-corrected chi connectivity index (χ3v) is 4.94. The summed E-state index contributed by atoms with van der Waals surface area (Å²) in [6.45, 7) is 5.08. The molecule has 0 atom stereocenters. The van der Waals surface area contributed by atoms with Crippen molar-refractivity contribution in [2.24, 2.45) is 0 Å². The molecule has 1 amide bonds. The molecule has 1 N–H and O–H groups in total. The number of hydrogen-bond donors (Lipinski definition) is 1. The van der Waals surface area contributed by atoms with Gasteiger partial charge in [-0.15, -0.1) is 11.3 Å². The van der Waals surface area contributed by atoms with Crippen molar-refractivity contribution >= 4 is 38.9 Å². The molecule has 0 radical (unpaired) electrons. The Labute approximate surface area is 131 Å². The lowest BCUT2D eigenvalue weighted by Gasteiger charge is -2.10. The average molecular weight is 354 g/mol. The lowest BCUT2D eigenvalue weighted by molar-refractivity contribution is 0.102. The van der Waals surface area contributed by atoms with Gasteiger partial charge in [-0.05, 0) is 47.5 Å². The molecule has 0 saturated heterocycles. The first-order valence-electron chi connectivity index (χ1n) is 6.34. The number of carbonyl (C=O) groups excluding carboxylic acids is 1. The van der Waals surface area contributed by atoms with Crippen LogP contribution in [-0.2, 0) is 11.3 Å².